The van der Waals surface area contributed by atoms with Gasteiger partial charge in [-0.2, -0.15) is 5.26 Å². The molecule has 0 fully saturated rings. The van der Waals surface area contributed by atoms with Gasteiger partial charge in [0.1, 0.15) is 0 Å². The van der Waals surface area contributed by atoms with Crippen LogP contribution < -0.4 is 5.32 Å². The summed E-state index contributed by atoms with van der Waals surface area (Å²) in [5.41, 5.74) is 0. The Morgan fingerprint density at radius 2 is 2.46 bits per heavy atom. The summed E-state index contributed by atoms with van der Waals surface area (Å²) in [5, 5.41) is 20.3. The van der Waals surface area contributed by atoms with E-state index < -0.39 is 0 Å². The molecule has 1 N–H and O–H groups in total. The molecule has 6 heteroatoms. The highest BCUT2D eigenvalue weighted by molar-refractivity contribution is 8.01. The summed E-state index contributed by atoms with van der Waals surface area (Å²) >= 11 is 2.91. The highest BCUT2D eigenvalue weighted by Gasteiger charge is 2.07. The SMILES string of the molecule is CCNc1nnc(SC(C)C#N)s1. The molecule has 0 radical (unpaired) electrons. The van der Waals surface area contributed by atoms with Gasteiger partial charge in [0.25, 0.3) is 0 Å². The lowest BCUT2D eigenvalue weighted by atomic mass is 10.5. The lowest BCUT2D eigenvalue weighted by Gasteiger charge is -1.94. The van der Waals surface area contributed by atoms with Crippen molar-refractivity contribution in [2.45, 2.75) is 23.4 Å². The first-order valence-electron chi connectivity index (χ1n) is 3.90. The second-order valence-corrected chi connectivity index (χ2v) is 4.86. The molecule has 1 heterocycles. The Morgan fingerprint density at radius 3 is 3.08 bits per heavy atom. The van der Waals surface area contributed by atoms with Crippen LogP contribution in [0.4, 0.5) is 5.13 Å². The van der Waals surface area contributed by atoms with Gasteiger partial charge in [0, 0.05) is 6.54 Å². The number of hydrogen-bond donors (Lipinski definition) is 1. The molecule has 0 aromatic carbocycles. The Hall–Kier alpha value is -0.800. The Kier molecular flexibility index (Phi) is 3.99. The summed E-state index contributed by atoms with van der Waals surface area (Å²) in [7, 11) is 0. The van der Waals surface area contributed by atoms with Gasteiger partial charge < -0.3 is 5.32 Å². The predicted octanol–water partition coefficient (Wildman–Crippen LogP) is 1.97. The number of nitriles is 1. The minimum atomic E-state index is -0.0672. The molecule has 1 unspecified atom stereocenters. The molecule has 1 aromatic heterocycles. The summed E-state index contributed by atoms with van der Waals surface area (Å²) < 4.78 is 0.838. The van der Waals surface area contributed by atoms with E-state index in [1.165, 1.54) is 23.1 Å². The maximum atomic E-state index is 8.58. The molecule has 13 heavy (non-hydrogen) atoms. The molecule has 70 valence electrons. The first kappa shape index (κ1) is 10.3. The van der Waals surface area contributed by atoms with Crippen molar-refractivity contribution in [3.05, 3.63) is 0 Å². The second-order valence-electron chi connectivity index (χ2n) is 2.29. The number of anilines is 1. The van der Waals surface area contributed by atoms with Crippen LogP contribution in [0.5, 0.6) is 0 Å². The van der Waals surface area contributed by atoms with Gasteiger partial charge in [0.15, 0.2) is 4.34 Å². The molecule has 4 nitrogen and oxygen atoms in total. The Labute approximate surface area is 85.4 Å². The van der Waals surface area contributed by atoms with Crippen LogP contribution in [-0.4, -0.2) is 22.0 Å². The third-order valence-electron chi connectivity index (χ3n) is 1.19. The predicted molar refractivity (Wildman–Crippen MR) is 55.0 cm³/mol. The summed E-state index contributed by atoms with van der Waals surface area (Å²) in [4.78, 5) is 0. The van der Waals surface area contributed by atoms with Crippen LogP contribution in [0, 0.1) is 11.3 Å². The Bertz CT molecular complexity index is 304. The Balaban J connectivity index is 2.54. The van der Waals surface area contributed by atoms with Gasteiger partial charge in [-0.1, -0.05) is 23.1 Å². The molecule has 0 aliphatic heterocycles. The first-order valence-corrected chi connectivity index (χ1v) is 5.59. The van der Waals surface area contributed by atoms with Crippen molar-refractivity contribution in [1.82, 2.24) is 10.2 Å². The number of rotatable bonds is 4. The van der Waals surface area contributed by atoms with E-state index in [1.807, 2.05) is 13.8 Å². The van der Waals surface area contributed by atoms with Gasteiger partial charge >= 0.3 is 0 Å². The lowest BCUT2D eigenvalue weighted by molar-refractivity contribution is 0.999. The van der Waals surface area contributed by atoms with Crippen molar-refractivity contribution >= 4 is 28.2 Å². The average molecular weight is 214 g/mol. The lowest BCUT2D eigenvalue weighted by Crippen LogP contribution is -1.94. The van der Waals surface area contributed by atoms with Crippen molar-refractivity contribution in [3.8, 4) is 6.07 Å². The summed E-state index contributed by atoms with van der Waals surface area (Å²) in [6.45, 7) is 4.69. The fraction of sp³-hybridized carbons (Fsp3) is 0.571. The van der Waals surface area contributed by atoms with Gasteiger partial charge in [0.05, 0.1) is 11.3 Å². The summed E-state index contributed by atoms with van der Waals surface area (Å²) in [5.74, 6) is 0. The third kappa shape index (κ3) is 3.20. The first-order chi connectivity index (χ1) is 6.26. The minimum absolute atomic E-state index is 0.0672. The second kappa shape index (κ2) is 5.04. The van der Waals surface area contributed by atoms with Crippen molar-refractivity contribution in [1.29, 1.82) is 5.26 Å². The van der Waals surface area contributed by atoms with Gasteiger partial charge in [-0.05, 0) is 13.8 Å². The molecule has 1 atom stereocenters. The number of aromatic nitrogens is 2. The van der Waals surface area contributed by atoms with E-state index in [0.717, 1.165) is 16.0 Å². The molecule has 0 saturated heterocycles. The molecular formula is C7H10N4S2. The van der Waals surface area contributed by atoms with E-state index >= 15 is 0 Å². The van der Waals surface area contributed by atoms with Gasteiger partial charge in [-0.25, -0.2) is 0 Å². The number of nitrogens with zero attached hydrogens (tertiary/aromatic N) is 3. The average Bonchev–Trinajstić information content (AvgIpc) is 2.53. The van der Waals surface area contributed by atoms with Crippen molar-refractivity contribution < 1.29 is 0 Å². The van der Waals surface area contributed by atoms with E-state index in [4.69, 9.17) is 5.26 Å². The smallest absolute Gasteiger partial charge is 0.206 e. The number of hydrogen-bond acceptors (Lipinski definition) is 6. The van der Waals surface area contributed by atoms with Gasteiger partial charge in [0.2, 0.25) is 5.13 Å². The number of nitrogens with one attached hydrogen (secondary N) is 1. The zero-order valence-corrected chi connectivity index (χ0v) is 9.08. The van der Waals surface area contributed by atoms with E-state index in [-0.39, 0.29) is 5.25 Å². The fourth-order valence-corrected chi connectivity index (χ4v) is 2.51. The monoisotopic (exact) mass is 214 g/mol. The molecule has 0 aliphatic rings. The maximum Gasteiger partial charge on any atom is 0.206 e. The van der Waals surface area contributed by atoms with E-state index in [0.29, 0.717) is 0 Å². The standard InChI is InChI=1S/C7H10N4S2/c1-3-9-6-10-11-7(13-6)12-5(2)4-8/h5H,3H2,1-2H3,(H,9,10). The van der Waals surface area contributed by atoms with Crippen LogP contribution in [0.25, 0.3) is 0 Å². The van der Waals surface area contributed by atoms with Gasteiger partial charge in [-0.3, -0.25) is 0 Å². The summed E-state index contributed by atoms with van der Waals surface area (Å²) in [6.07, 6.45) is 0. The van der Waals surface area contributed by atoms with Crippen LogP contribution in [0.15, 0.2) is 4.34 Å². The zero-order chi connectivity index (χ0) is 9.68. The van der Waals surface area contributed by atoms with Gasteiger partial charge in [-0.15, -0.1) is 10.2 Å². The highest BCUT2D eigenvalue weighted by Crippen LogP contribution is 2.28. The minimum Gasteiger partial charge on any atom is -0.360 e. The van der Waals surface area contributed by atoms with Crippen molar-refractivity contribution in [3.63, 3.8) is 0 Å². The highest BCUT2D eigenvalue weighted by atomic mass is 32.2. The molecular weight excluding hydrogens is 204 g/mol. The zero-order valence-electron chi connectivity index (χ0n) is 7.44. The topological polar surface area (TPSA) is 61.6 Å². The Morgan fingerprint density at radius 1 is 1.69 bits per heavy atom. The molecule has 0 aliphatic carbocycles. The van der Waals surface area contributed by atoms with Crippen LogP contribution in [0.2, 0.25) is 0 Å². The molecule has 0 spiro atoms. The largest absolute Gasteiger partial charge is 0.360 e. The van der Waals surface area contributed by atoms with Crippen LogP contribution in [0.3, 0.4) is 0 Å². The van der Waals surface area contributed by atoms with Crippen molar-refractivity contribution in [2.75, 3.05) is 11.9 Å². The normalized spacial score (nSPS) is 12.1. The van der Waals surface area contributed by atoms with Crippen LogP contribution >= 0.6 is 23.1 Å². The quantitative estimate of drug-likeness (QED) is 0.776. The van der Waals surface area contributed by atoms with E-state index in [2.05, 4.69) is 21.6 Å². The molecule has 0 bridgehead atoms. The third-order valence-corrected chi connectivity index (χ3v) is 3.15. The molecule has 1 aromatic rings. The molecule has 0 saturated carbocycles. The fourth-order valence-electron chi connectivity index (χ4n) is 0.658. The summed E-state index contributed by atoms with van der Waals surface area (Å²) in [6, 6.07) is 2.14. The number of thioether (sulfide) groups is 1. The molecule has 0 amide bonds. The van der Waals surface area contributed by atoms with E-state index in [1.54, 1.807) is 0 Å². The molecule has 1 rings (SSSR count). The van der Waals surface area contributed by atoms with Crippen LogP contribution in [-0.2, 0) is 0 Å². The van der Waals surface area contributed by atoms with E-state index in [9.17, 15) is 0 Å². The van der Waals surface area contributed by atoms with Crippen molar-refractivity contribution in [2.24, 2.45) is 0 Å². The maximum absolute atomic E-state index is 8.58. The van der Waals surface area contributed by atoms with Crippen LogP contribution in [0.1, 0.15) is 13.8 Å².